The molecule has 0 heterocycles. The number of carbonyl (C=O) groups is 1. The summed E-state index contributed by atoms with van der Waals surface area (Å²) in [6.45, 7) is 1.72. The Labute approximate surface area is 165 Å². The number of nitrogens with one attached hydrogen (secondary N) is 2. The highest BCUT2D eigenvalue weighted by Gasteiger charge is 2.22. The first-order chi connectivity index (χ1) is 13.4. The van der Waals surface area contributed by atoms with Crippen LogP contribution in [0, 0.1) is 12.8 Å². The van der Waals surface area contributed by atoms with Crippen LogP contribution in [0.25, 0.3) is 0 Å². The van der Waals surface area contributed by atoms with E-state index in [0.717, 1.165) is 12.8 Å². The minimum atomic E-state index is -3.85. The number of carbonyl (C=O) groups excluding carboxylic acids is 1. The number of methoxy groups -OCH3 is 1. The van der Waals surface area contributed by atoms with Crippen molar-refractivity contribution in [3.05, 3.63) is 60.2 Å². The van der Waals surface area contributed by atoms with E-state index in [4.69, 9.17) is 4.74 Å². The molecule has 1 unspecified atom stereocenters. The third-order valence-corrected chi connectivity index (χ3v) is 6.24. The SMILES string of the molecule is COc1ccccc1NS(=O)(=O)c1cc(NC(=O)C2CC=CCC2)ccc1C. The maximum absolute atomic E-state index is 12.9. The summed E-state index contributed by atoms with van der Waals surface area (Å²) in [5.41, 5.74) is 1.40. The molecule has 1 amide bonds. The summed E-state index contributed by atoms with van der Waals surface area (Å²) in [5.74, 6) is 0.255. The summed E-state index contributed by atoms with van der Waals surface area (Å²) >= 11 is 0. The molecule has 3 rings (SSSR count). The molecule has 7 heteroatoms. The third kappa shape index (κ3) is 4.54. The number of amides is 1. The van der Waals surface area contributed by atoms with Gasteiger partial charge >= 0.3 is 0 Å². The lowest BCUT2D eigenvalue weighted by Gasteiger charge is -2.18. The average molecular weight is 401 g/mol. The summed E-state index contributed by atoms with van der Waals surface area (Å²) in [7, 11) is -2.37. The molecule has 1 atom stereocenters. The minimum Gasteiger partial charge on any atom is -0.495 e. The topological polar surface area (TPSA) is 84.5 Å². The van der Waals surface area contributed by atoms with Crippen LogP contribution in [0.4, 0.5) is 11.4 Å². The van der Waals surface area contributed by atoms with Gasteiger partial charge in [0, 0.05) is 11.6 Å². The molecule has 2 N–H and O–H groups in total. The quantitative estimate of drug-likeness (QED) is 0.715. The zero-order valence-corrected chi connectivity index (χ0v) is 16.8. The van der Waals surface area contributed by atoms with Crippen molar-refractivity contribution >= 4 is 27.3 Å². The monoisotopic (exact) mass is 400 g/mol. The number of sulfonamides is 1. The smallest absolute Gasteiger partial charge is 0.262 e. The molecular formula is C21H24N2O4S. The maximum atomic E-state index is 12.9. The van der Waals surface area contributed by atoms with Crippen LogP contribution in [0.3, 0.4) is 0 Å². The minimum absolute atomic E-state index is 0.0851. The van der Waals surface area contributed by atoms with Crippen LogP contribution in [0.2, 0.25) is 0 Å². The summed E-state index contributed by atoms with van der Waals surface area (Å²) in [6, 6.07) is 11.7. The fraction of sp³-hybridized carbons (Fsp3) is 0.286. The van der Waals surface area contributed by atoms with E-state index < -0.39 is 10.0 Å². The van der Waals surface area contributed by atoms with E-state index >= 15 is 0 Å². The molecule has 0 fully saturated rings. The van der Waals surface area contributed by atoms with Crippen LogP contribution in [0.5, 0.6) is 5.75 Å². The second-order valence-corrected chi connectivity index (χ2v) is 8.41. The van der Waals surface area contributed by atoms with Crippen molar-refractivity contribution in [1.29, 1.82) is 0 Å². The number of para-hydroxylation sites is 2. The molecule has 0 saturated heterocycles. The molecule has 28 heavy (non-hydrogen) atoms. The molecule has 0 radical (unpaired) electrons. The van der Waals surface area contributed by atoms with Crippen LogP contribution in [0.1, 0.15) is 24.8 Å². The van der Waals surface area contributed by atoms with E-state index in [2.05, 4.69) is 16.1 Å². The lowest BCUT2D eigenvalue weighted by Crippen LogP contribution is -2.24. The maximum Gasteiger partial charge on any atom is 0.262 e. The van der Waals surface area contributed by atoms with Gasteiger partial charge < -0.3 is 10.1 Å². The normalized spacial score (nSPS) is 16.4. The lowest BCUT2D eigenvalue weighted by molar-refractivity contribution is -0.120. The lowest BCUT2D eigenvalue weighted by atomic mass is 9.93. The van der Waals surface area contributed by atoms with Gasteiger partial charge in [-0.05, 0) is 56.0 Å². The third-order valence-electron chi connectivity index (χ3n) is 4.74. The summed E-state index contributed by atoms with van der Waals surface area (Å²) in [4.78, 5) is 12.6. The Balaban J connectivity index is 1.84. The summed E-state index contributed by atoms with van der Waals surface area (Å²) in [5, 5.41) is 2.85. The van der Waals surface area contributed by atoms with Crippen molar-refractivity contribution in [3.8, 4) is 5.75 Å². The highest BCUT2D eigenvalue weighted by atomic mass is 32.2. The van der Waals surface area contributed by atoms with Crippen LogP contribution in [0.15, 0.2) is 59.5 Å². The molecule has 1 aliphatic carbocycles. The molecule has 148 valence electrons. The van der Waals surface area contributed by atoms with Gasteiger partial charge in [0.05, 0.1) is 17.7 Å². The molecule has 2 aromatic rings. The Hall–Kier alpha value is -2.80. The first kappa shape index (κ1) is 19.9. The van der Waals surface area contributed by atoms with Gasteiger partial charge in [0.25, 0.3) is 10.0 Å². The Morgan fingerprint density at radius 3 is 2.64 bits per heavy atom. The molecule has 0 bridgehead atoms. The van der Waals surface area contributed by atoms with Gasteiger partial charge in [0.2, 0.25) is 5.91 Å². The Morgan fingerprint density at radius 2 is 1.93 bits per heavy atom. The molecule has 6 nitrogen and oxygen atoms in total. The number of aryl methyl sites for hydroxylation is 1. The van der Waals surface area contributed by atoms with E-state index in [1.165, 1.54) is 13.2 Å². The van der Waals surface area contributed by atoms with Gasteiger partial charge in [-0.2, -0.15) is 0 Å². The van der Waals surface area contributed by atoms with E-state index in [0.29, 0.717) is 29.1 Å². The predicted molar refractivity (Wildman–Crippen MR) is 110 cm³/mol. The molecule has 0 saturated carbocycles. The highest BCUT2D eigenvalue weighted by molar-refractivity contribution is 7.92. The van der Waals surface area contributed by atoms with Crippen LogP contribution in [-0.2, 0) is 14.8 Å². The summed E-state index contributed by atoms with van der Waals surface area (Å²) in [6.07, 6.45) is 6.47. The van der Waals surface area contributed by atoms with Gasteiger partial charge in [0.15, 0.2) is 0 Å². The molecule has 2 aromatic carbocycles. The fourth-order valence-electron chi connectivity index (χ4n) is 3.17. The number of rotatable bonds is 6. The van der Waals surface area contributed by atoms with E-state index in [1.807, 2.05) is 6.08 Å². The number of hydrogen-bond donors (Lipinski definition) is 2. The van der Waals surface area contributed by atoms with Gasteiger partial charge in [-0.15, -0.1) is 0 Å². The second kappa shape index (κ2) is 8.48. The number of anilines is 2. The molecule has 0 aliphatic heterocycles. The van der Waals surface area contributed by atoms with E-state index in [-0.39, 0.29) is 16.7 Å². The Bertz CT molecular complexity index is 999. The summed E-state index contributed by atoms with van der Waals surface area (Å²) < 4.78 is 33.7. The fourth-order valence-corrected chi connectivity index (χ4v) is 4.51. The van der Waals surface area contributed by atoms with Gasteiger partial charge in [-0.1, -0.05) is 30.4 Å². The number of hydrogen-bond acceptors (Lipinski definition) is 4. The first-order valence-corrected chi connectivity index (χ1v) is 10.6. The number of benzene rings is 2. The van der Waals surface area contributed by atoms with Gasteiger partial charge in [-0.25, -0.2) is 8.42 Å². The number of ether oxygens (including phenoxy) is 1. The average Bonchev–Trinajstić information content (AvgIpc) is 2.70. The van der Waals surface area contributed by atoms with Crippen molar-refractivity contribution in [2.45, 2.75) is 31.1 Å². The van der Waals surface area contributed by atoms with Crippen molar-refractivity contribution in [2.24, 2.45) is 5.92 Å². The van der Waals surface area contributed by atoms with E-state index in [9.17, 15) is 13.2 Å². The zero-order chi connectivity index (χ0) is 20.1. The Morgan fingerprint density at radius 1 is 1.14 bits per heavy atom. The molecule has 0 aromatic heterocycles. The van der Waals surface area contributed by atoms with Gasteiger partial charge in [0.1, 0.15) is 5.75 Å². The van der Waals surface area contributed by atoms with Crippen LogP contribution in [-0.4, -0.2) is 21.4 Å². The van der Waals surface area contributed by atoms with Crippen molar-refractivity contribution in [1.82, 2.24) is 0 Å². The zero-order valence-electron chi connectivity index (χ0n) is 15.9. The van der Waals surface area contributed by atoms with Crippen molar-refractivity contribution in [3.63, 3.8) is 0 Å². The second-order valence-electron chi connectivity index (χ2n) is 6.76. The molecule has 0 spiro atoms. The van der Waals surface area contributed by atoms with Crippen molar-refractivity contribution < 1.29 is 17.9 Å². The Kier molecular flexibility index (Phi) is 6.04. The van der Waals surface area contributed by atoms with Crippen LogP contribution < -0.4 is 14.8 Å². The van der Waals surface area contributed by atoms with Gasteiger partial charge in [-0.3, -0.25) is 9.52 Å². The largest absolute Gasteiger partial charge is 0.495 e. The first-order valence-electron chi connectivity index (χ1n) is 9.13. The van der Waals surface area contributed by atoms with E-state index in [1.54, 1.807) is 43.3 Å². The van der Waals surface area contributed by atoms with Crippen molar-refractivity contribution in [2.75, 3.05) is 17.1 Å². The standard InChI is InChI=1S/C21H24N2O4S/c1-15-12-13-17(22-21(24)16-8-4-3-5-9-16)14-20(15)28(25,26)23-18-10-6-7-11-19(18)27-2/h3-4,6-7,10-14,16,23H,5,8-9H2,1-2H3,(H,22,24). The van der Waals surface area contributed by atoms with Crippen LogP contribution >= 0.6 is 0 Å². The highest BCUT2D eigenvalue weighted by Crippen LogP contribution is 2.29. The molecule has 1 aliphatic rings. The molecular weight excluding hydrogens is 376 g/mol. The predicted octanol–water partition coefficient (Wildman–Crippen LogP) is 4.10. The number of allylic oxidation sites excluding steroid dienone is 2.